The van der Waals surface area contributed by atoms with E-state index in [2.05, 4.69) is 10.2 Å². The van der Waals surface area contributed by atoms with Gasteiger partial charge in [-0.05, 0) is 30.3 Å². The van der Waals surface area contributed by atoms with Crippen molar-refractivity contribution in [3.8, 4) is 17.7 Å². The number of benzene rings is 1. The highest BCUT2D eigenvalue weighted by molar-refractivity contribution is 5.44. The molecule has 0 radical (unpaired) electrons. The van der Waals surface area contributed by atoms with Gasteiger partial charge in [-0.2, -0.15) is 10.4 Å². The average Bonchev–Trinajstić information content (AvgIpc) is 2.33. The van der Waals surface area contributed by atoms with Crippen molar-refractivity contribution >= 4 is 5.69 Å². The molecule has 0 aliphatic carbocycles. The van der Waals surface area contributed by atoms with Crippen LogP contribution < -0.4 is 10.5 Å². The largest absolute Gasteiger partial charge is 0.437 e. The van der Waals surface area contributed by atoms with E-state index in [4.69, 9.17) is 15.7 Å². The third-order valence-corrected chi connectivity index (χ3v) is 1.90. The maximum absolute atomic E-state index is 8.82. The number of aromatic nitrogens is 2. The molecular formula is C11H8N4O. The molecule has 2 aromatic rings. The summed E-state index contributed by atoms with van der Waals surface area (Å²) < 4.78 is 5.40. The SMILES string of the molecule is N#Cc1ccnnc1Oc1ccc(N)cc1. The molecule has 2 N–H and O–H groups in total. The molecule has 1 aromatic heterocycles. The van der Waals surface area contributed by atoms with Crippen LogP contribution in [-0.2, 0) is 0 Å². The second-order valence-electron chi connectivity index (χ2n) is 3.03. The molecule has 1 heterocycles. The maximum atomic E-state index is 8.82. The summed E-state index contributed by atoms with van der Waals surface area (Å²) in [6.07, 6.45) is 1.44. The Bertz CT molecular complexity index is 530. The Morgan fingerprint density at radius 2 is 1.94 bits per heavy atom. The summed E-state index contributed by atoms with van der Waals surface area (Å²) >= 11 is 0. The fraction of sp³-hybridized carbons (Fsp3) is 0. The fourth-order valence-corrected chi connectivity index (χ4v) is 1.13. The van der Waals surface area contributed by atoms with Gasteiger partial charge in [0.05, 0.1) is 6.20 Å². The Labute approximate surface area is 92.1 Å². The number of rotatable bonds is 2. The van der Waals surface area contributed by atoms with Gasteiger partial charge in [0, 0.05) is 5.69 Å². The lowest BCUT2D eigenvalue weighted by Crippen LogP contribution is -1.93. The van der Waals surface area contributed by atoms with Crippen LogP contribution >= 0.6 is 0 Å². The van der Waals surface area contributed by atoms with Gasteiger partial charge in [-0.25, -0.2) is 0 Å². The molecule has 0 amide bonds. The van der Waals surface area contributed by atoms with Crippen molar-refractivity contribution in [1.82, 2.24) is 10.2 Å². The number of nitrogens with zero attached hydrogens (tertiary/aromatic N) is 3. The van der Waals surface area contributed by atoms with Gasteiger partial charge in [0.15, 0.2) is 0 Å². The minimum atomic E-state index is 0.190. The van der Waals surface area contributed by atoms with Crippen molar-refractivity contribution in [2.75, 3.05) is 5.73 Å². The van der Waals surface area contributed by atoms with Gasteiger partial charge in [0.1, 0.15) is 17.4 Å². The van der Waals surface area contributed by atoms with Crippen molar-refractivity contribution in [3.63, 3.8) is 0 Å². The Balaban J connectivity index is 2.27. The van der Waals surface area contributed by atoms with Crippen LogP contribution in [-0.4, -0.2) is 10.2 Å². The quantitative estimate of drug-likeness (QED) is 0.766. The molecule has 0 aliphatic rings. The number of nitrogens with two attached hydrogens (primary N) is 1. The molecule has 78 valence electrons. The lowest BCUT2D eigenvalue weighted by molar-refractivity contribution is 0.453. The van der Waals surface area contributed by atoms with Crippen molar-refractivity contribution in [2.45, 2.75) is 0 Å². The highest BCUT2D eigenvalue weighted by atomic mass is 16.5. The van der Waals surface area contributed by atoms with Crippen LogP contribution in [0.15, 0.2) is 36.5 Å². The van der Waals surface area contributed by atoms with Gasteiger partial charge in [-0.3, -0.25) is 0 Å². The Morgan fingerprint density at radius 3 is 2.62 bits per heavy atom. The summed E-state index contributed by atoms with van der Waals surface area (Å²) in [6, 6.07) is 10.3. The van der Waals surface area contributed by atoms with Gasteiger partial charge < -0.3 is 10.5 Å². The molecule has 2 rings (SSSR count). The molecule has 0 bridgehead atoms. The predicted octanol–water partition coefficient (Wildman–Crippen LogP) is 1.72. The average molecular weight is 212 g/mol. The number of anilines is 1. The highest BCUT2D eigenvalue weighted by Crippen LogP contribution is 2.22. The van der Waals surface area contributed by atoms with Crippen LogP contribution in [0.4, 0.5) is 5.69 Å². The molecule has 16 heavy (non-hydrogen) atoms. The van der Waals surface area contributed by atoms with Crippen LogP contribution in [0.3, 0.4) is 0 Å². The fourth-order valence-electron chi connectivity index (χ4n) is 1.13. The van der Waals surface area contributed by atoms with Crippen LogP contribution in [0.5, 0.6) is 11.6 Å². The Kier molecular flexibility index (Phi) is 2.65. The predicted molar refractivity (Wildman–Crippen MR) is 57.7 cm³/mol. The zero-order chi connectivity index (χ0) is 11.4. The first-order chi connectivity index (χ1) is 7.79. The molecule has 0 unspecified atom stereocenters. The first-order valence-corrected chi connectivity index (χ1v) is 4.55. The van der Waals surface area contributed by atoms with Crippen molar-refractivity contribution < 1.29 is 4.74 Å². The third-order valence-electron chi connectivity index (χ3n) is 1.90. The molecular weight excluding hydrogens is 204 g/mol. The second kappa shape index (κ2) is 4.28. The summed E-state index contributed by atoms with van der Waals surface area (Å²) in [6.45, 7) is 0. The lowest BCUT2D eigenvalue weighted by Gasteiger charge is -2.04. The monoisotopic (exact) mass is 212 g/mol. The van der Waals surface area contributed by atoms with E-state index in [1.165, 1.54) is 6.20 Å². The minimum absolute atomic E-state index is 0.190. The van der Waals surface area contributed by atoms with Crippen LogP contribution in [0.1, 0.15) is 5.56 Å². The molecule has 0 spiro atoms. The second-order valence-corrected chi connectivity index (χ2v) is 3.03. The summed E-state index contributed by atoms with van der Waals surface area (Å²) in [5, 5.41) is 16.2. The van der Waals surface area contributed by atoms with Crippen molar-refractivity contribution in [1.29, 1.82) is 5.26 Å². The van der Waals surface area contributed by atoms with E-state index in [9.17, 15) is 0 Å². The van der Waals surface area contributed by atoms with E-state index in [-0.39, 0.29) is 5.88 Å². The standard InChI is InChI=1S/C11H8N4O/c12-7-8-5-6-14-15-11(8)16-10-3-1-9(13)2-4-10/h1-6H,13H2. The minimum Gasteiger partial charge on any atom is -0.437 e. The summed E-state index contributed by atoms with van der Waals surface area (Å²) in [4.78, 5) is 0. The van der Waals surface area contributed by atoms with Gasteiger partial charge in [0.2, 0.25) is 0 Å². The number of hydrogen-bond donors (Lipinski definition) is 1. The summed E-state index contributed by atoms with van der Waals surface area (Å²) in [5.74, 6) is 0.751. The van der Waals surface area contributed by atoms with E-state index < -0.39 is 0 Å². The Hall–Kier alpha value is -2.61. The van der Waals surface area contributed by atoms with E-state index >= 15 is 0 Å². The maximum Gasteiger partial charge on any atom is 0.256 e. The third kappa shape index (κ3) is 2.07. The van der Waals surface area contributed by atoms with Crippen LogP contribution in [0, 0.1) is 11.3 Å². The first kappa shape index (κ1) is 9.93. The van der Waals surface area contributed by atoms with Gasteiger partial charge in [-0.1, -0.05) is 0 Å². The molecule has 0 saturated carbocycles. The van der Waals surface area contributed by atoms with E-state index in [0.29, 0.717) is 17.0 Å². The summed E-state index contributed by atoms with van der Waals surface area (Å²) in [5.41, 5.74) is 6.53. The molecule has 0 saturated heterocycles. The van der Waals surface area contributed by atoms with Gasteiger partial charge >= 0.3 is 0 Å². The van der Waals surface area contributed by atoms with Gasteiger partial charge in [-0.15, -0.1) is 5.10 Å². The smallest absolute Gasteiger partial charge is 0.256 e. The highest BCUT2D eigenvalue weighted by Gasteiger charge is 2.05. The van der Waals surface area contributed by atoms with E-state index in [0.717, 1.165) is 0 Å². The molecule has 0 atom stereocenters. The normalized spacial score (nSPS) is 9.44. The number of nitrogen functional groups attached to an aromatic ring is 1. The Morgan fingerprint density at radius 1 is 1.19 bits per heavy atom. The van der Waals surface area contributed by atoms with E-state index in [1.807, 2.05) is 6.07 Å². The molecule has 5 heteroatoms. The van der Waals surface area contributed by atoms with Gasteiger partial charge in [0.25, 0.3) is 5.88 Å². The topological polar surface area (TPSA) is 84.8 Å². The summed E-state index contributed by atoms with van der Waals surface area (Å²) in [7, 11) is 0. The number of ether oxygens (including phenoxy) is 1. The van der Waals surface area contributed by atoms with Crippen molar-refractivity contribution in [2.24, 2.45) is 0 Å². The molecule has 0 aliphatic heterocycles. The lowest BCUT2D eigenvalue weighted by atomic mass is 10.3. The molecule has 1 aromatic carbocycles. The first-order valence-electron chi connectivity index (χ1n) is 4.55. The van der Waals surface area contributed by atoms with Crippen LogP contribution in [0.2, 0.25) is 0 Å². The zero-order valence-electron chi connectivity index (χ0n) is 8.29. The number of hydrogen-bond acceptors (Lipinski definition) is 5. The van der Waals surface area contributed by atoms with Crippen molar-refractivity contribution in [3.05, 3.63) is 42.1 Å². The molecule has 5 nitrogen and oxygen atoms in total. The van der Waals surface area contributed by atoms with E-state index in [1.54, 1.807) is 30.3 Å². The zero-order valence-corrected chi connectivity index (χ0v) is 8.29. The van der Waals surface area contributed by atoms with Crippen LogP contribution in [0.25, 0.3) is 0 Å². The molecule has 0 fully saturated rings. The number of nitriles is 1.